The molecule has 0 aliphatic carbocycles. The topological polar surface area (TPSA) is 33.1 Å². The van der Waals surface area contributed by atoms with E-state index < -0.39 is 13.0 Å². The molecule has 6 heteroatoms. The van der Waals surface area contributed by atoms with Crippen molar-refractivity contribution in [1.29, 1.82) is 0 Å². The number of hydrogen-bond donors (Lipinski definition) is 1. The van der Waals surface area contributed by atoms with Gasteiger partial charge in [0.05, 0.1) is 6.61 Å². The number of aliphatic hydroxyl groups excluding tert-OH is 1. The second-order valence-corrected chi connectivity index (χ2v) is 3.48. The van der Waals surface area contributed by atoms with Crippen LogP contribution in [-0.2, 0) is 11.9 Å². The van der Waals surface area contributed by atoms with Gasteiger partial charge in [-0.1, -0.05) is 27.5 Å². The van der Waals surface area contributed by atoms with Crippen molar-refractivity contribution in [1.82, 2.24) is 4.98 Å². The lowest BCUT2D eigenvalue weighted by atomic mass is 10.1. The summed E-state index contributed by atoms with van der Waals surface area (Å²) in [4.78, 5) is 3.71. The first kappa shape index (κ1) is 11.8. The second-order valence-electron chi connectivity index (χ2n) is 2.56. The molecule has 0 aliphatic heterocycles. The molecule has 0 aromatic carbocycles. The Morgan fingerprint density at radius 1 is 1.57 bits per heavy atom. The molecule has 0 fully saturated rings. The van der Waals surface area contributed by atoms with Gasteiger partial charge in [0.25, 0.3) is 6.43 Å². The number of rotatable bonds is 3. The minimum atomic E-state index is -2.66. The fourth-order valence-electron chi connectivity index (χ4n) is 1.12. The lowest BCUT2D eigenvalue weighted by Gasteiger charge is -2.11. The molecule has 0 saturated carbocycles. The van der Waals surface area contributed by atoms with Crippen molar-refractivity contribution < 1.29 is 13.9 Å². The van der Waals surface area contributed by atoms with Crippen LogP contribution in [-0.4, -0.2) is 10.1 Å². The Kier molecular flexibility index (Phi) is 4.22. The van der Waals surface area contributed by atoms with Gasteiger partial charge in [-0.25, -0.2) is 13.8 Å². The van der Waals surface area contributed by atoms with Crippen molar-refractivity contribution in [3.8, 4) is 0 Å². The minimum Gasteiger partial charge on any atom is -0.392 e. The van der Waals surface area contributed by atoms with Gasteiger partial charge in [0, 0.05) is 22.7 Å². The average molecular weight is 287 g/mol. The molecule has 78 valence electrons. The minimum absolute atomic E-state index is 0.00128. The molecule has 0 unspecified atom stereocenters. The molecule has 0 saturated heterocycles. The van der Waals surface area contributed by atoms with Gasteiger partial charge in [0.2, 0.25) is 0 Å². The maximum Gasteiger partial charge on any atom is 0.264 e. The van der Waals surface area contributed by atoms with Crippen LogP contribution < -0.4 is 0 Å². The maximum absolute atomic E-state index is 12.6. The van der Waals surface area contributed by atoms with Crippen LogP contribution in [0.3, 0.4) is 0 Å². The molecule has 0 aliphatic rings. The zero-order valence-corrected chi connectivity index (χ0v) is 9.32. The molecule has 0 bridgehead atoms. The molecule has 0 radical (unpaired) electrons. The van der Waals surface area contributed by atoms with Crippen LogP contribution >= 0.6 is 27.5 Å². The van der Waals surface area contributed by atoms with E-state index in [0.717, 1.165) is 0 Å². The van der Waals surface area contributed by atoms with Gasteiger partial charge in [-0.2, -0.15) is 0 Å². The van der Waals surface area contributed by atoms with Crippen molar-refractivity contribution in [2.24, 2.45) is 0 Å². The second kappa shape index (κ2) is 5.00. The number of halogens is 4. The van der Waals surface area contributed by atoms with E-state index in [2.05, 4.69) is 20.9 Å². The van der Waals surface area contributed by atoms with E-state index in [4.69, 9.17) is 16.7 Å². The summed E-state index contributed by atoms with van der Waals surface area (Å²) < 4.78 is 25.2. The largest absolute Gasteiger partial charge is 0.392 e. The molecule has 0 atom stereocenters. The molecule has 1 aromatic heterocycles. The fraction of sp³-hybridized carbons (Fsp3) is 0.375. The number of hydrogen-bond acceptors (Lipinski definition) is 2. The predicted octanol–water partition coefficient (Wildman–Crippen LogP) is 3.06. The molecule has 1 aromatic rings. The Labute approximate surface area is 93.0 Å². The molecular weight excluding hydrogens is 279 g/mol. The number of nitrogens with zero attached hydrogens (tertiary/aromatic N) is 1. The summed E-state index contributed by atoms with van der Waals surface area (Å²) >= 11 is 8.65. The van der Waals surface area contributed by atoms with E-state index in [0.29, 0.717) is 5.56 Å². The van der Waals surface area contributed by atoms with Crippen molar-refractivity contribution in [2.75, 3.05) is 0 Å². The summed E-state index contributed by atoms with van der Waals surface area (Å²) in [5.41, 5.74) is 0.108. The zero-order valence-electron chi connectivity index (χ0n) is 6.98. The van der Waals surface area contributed by atoms with Crippen LogP contribution in [0.5, 0.6) is 0 Å². The van der Waals surface area contributed by atoms with Crippen molar-refractivity contribution in [3.63, 3.8) is 0 Å². The monoisotopic (exact) mass is 285 g/mol. The van der Waals surface area contributed by atoms with Crippen LogP contribution in [0.1, 0.15) is 23.1 Å². The summed E-state index contributed by atoms with van der Waals surface area (Å²) in [6.07, 6.45) is -1.39. The predicted molar refractivity (Wildman–Crippen MR) is 52.8 cm³/mol. The van der Waals surface area contributed by atoms with Gasteiger partial charge in [0.1, 0.15) is 5.15 Å². The lowest BCUT2D eigenvalue weighted by Crippen LogP contribution is -2.02. The Balaban J connectivity index is 3.36. The van der Waals surface area contributed by atoms with E-state index in [1.54, 1.807) is 0 Å². The molecule has 1 N–H and O–H groups in total. The number of alkyl halides is 3. The zero-order chi connectivity index (χ0) is 10.7. The summed E-state index contributed by atoms with van der Waals surface area (Å²) in [7, 11) is 0. The highest BCUT2D eigenvalue weighted by atomic mass is 79.9. The van der Waals surface area contributed by atoms with E-state index in [9.17, 15) is 8.78 Å². The first-order valence-electron chi connectivity index (χ1n) is 3.73. The Morgan fingerprint density at radius 3 is 2.64 bits per heavy atom. The average Bonchev–Trinajstić information content (AvgIpc) is 2.17. The van der Waals surface area contributed by atoms with Gasteiger partial charge >= 0.3 is 0 Å². The molecule has 0 amide bonds. The summed E-state index contributed by atoms with van der Waals surface area (Å²) in [5.74, 6) is 0. The van der Waals surface area contributed by atoms with Crippen LogP contribution in [0, 0.1) is 0 Å². The quantitative estimate of drug-likeness (QED) is 0.684. The third-order valence-corrected chi connectivity index (χ3v) is 2.70. The normalized spacial score (nSPS) is 11.0. The molecule has 1 heterocycles. The highest BCUT2D eigenvalue weighted by molar-refractivity contribution is 9.08. The standard InChI is InChI=1S/C8H7BrClF2NO/c9-1-4-2-13-7(10)5(3-14)6(4)8(11)12/h2,8,14H,1,3H2. The third-order valence-electron chi connectivity index (χ3n) is 1.77. The Morgan fingerprint density at radius 2 is 2.21 bits per heavy atom. The van der Waals surface area contributed by atoms with Crippen molar-refractivity contribution in [2.45, 2.75) is 18.4 Å². The van der Waals surface area contributed by atoms with Gasteiger partial charge in [-0.05, 0) is 5.56 Å². The van der Waals surface area contributed by atoms with E-state index in [-0.39, 0.29) is 21.6 Å². The number of pyridine rings is 1. The number of aliphatic hydroxyl groups is 1. The first-order valence-corrected chi connectivity index (χ1v) is 5.22. The summed E-state index contributed by atoms with van der Waals surface area (Å²) in [6, 6.07) is 0. The van der Waals surface area contributed by atoms with E-state index in [1.807, 2.05) is 0 Å². The fourth-order valence-corrected chi connectivity index (χ4v) is 1.77. The van der Waals surface area contributed by atoms with Crippen molar-refractivity contribution in [3.05, 3.63) is 28.0 Å². The van der Waals surface area contributed by atoms with E-state index in [1.165, 1.54) is 6.20 Å². The van der Waals surface area contributed by atoms with Gasteiger partial charge in [-0.3, -0.25) is 0 Å². The molecule has 2 nitrogen and oxygen atoms in total. The summed E-state index contributed by atoms with van der Waals surface area (Å²) in [6.45, 7) is -0.535. The van der Waals surface area contributed by atoms with Gasteiger partial charge < -0.3 is 5.11 Å². The van der Waals surface area contributed by atoms with Gasteiger partial charge in [-0.15, -0.1) is 0 Å². The van der Waals surface area contributed by atoms with Crippen LogP contribution in [0.25, 0.3) is 0 Å². The Hall–Kier alpha value is -0.260. The first-order chi connectivity index (χ1) is 6.61. The molecule has 14 heavy (non-hydrogen) atoms. The SMILES string of the molecule is OCc1c(Cl)ncc(CBr)c1C(F)F. The Bertz CT molecular complexity index is 335. The number of aromatic nitrogens is 1. The van der Waals surface area contributed by atoms with Crippen LogP contribution in [0.4, 0.5) is 8.78 Å². The highest BCUT2D eigenvalue weighted by Crippen LogP contribution is 2.31. The van der Waals surface area contributed by atoms with Gasteiger partial charge in [0.15, 0.2) is 0 Å². The smallest absolute Gasteiger partial charge is 0.264 e. The highest BCUT2D eigenvalue weighted by Gasteiger charge is 2.20. The van der Waals surface area contributed by atoms with Crippen molar-refractivity contribution >= 4 is 27.5 Å². The summed E-state index contributed by atoms with van der Waals surface area (Å²) in [5, 5.41) is 9.07. The van der Waals surface area contributed by atoms with Crippen LogP contribution in [0.2, 0.25) is 5.15 Å². The third kappa shape index (κ3) is 2.21. The van der Waals surface area contributed by atoms with Crippen LogP contribution in [0.15, 0.2) is 6.20 Å². The lowest BCUT2D eigenvalue weighted by molar-refractivity contribution is 0.146. The molecule has 0 spiro atoms. The molecular formula is C8H7BrClF2NO. The molecule has 1 rings (SSSR count). The van der Waals surface area contributed by atoms with E-state index >= 15 is 0 Å². The maximum atomic E-state index is 12.6.